The number of aromatic amines is 1. The smallest absolute Gasteiger partial charge is 0.291 e. The molecular formula is C12H9Cl2F3N2O. The number of aromatic nitrogens is 2. The topological polar surface area (TPSA) is 37.8 Å². The van der Waals surface area contributed by atoms with E-state index in [1.165, 1.54) is 12.1 Å². The van der Waals surface area contributed by atoms with Crippen molar-refractivity contribution in [3.8, 4) is 0 Å². The Morgan fingerprint density at radius 3 is 2.35 bits per heavy atom. The second kappa shape index (κ2) is 5.18. The number of benzene rings is 1. The molecule has 0 fully saturated rings. The highest BCUT2D eigenvalue weighted by molar-refractivity contribution is 6.42. The Morgan fingerprint density at radius 1 is 1.20 bits per heavy atom. The van der Waals surface area contributed by atoms with Crippen molar-refractivity contribution in [2.75, 3.05) is 0 Å². The number of rotatable bonds is 2. The molecule has 2 aromatic rings. The summed E-state index contributed by atoms with van der Waals surface area (Å²) in [4.78, 5) is 11.6. The van der Waals surface area contributed by atoms with E-state index in [9.17, 15) is 18.0 Å². The fourth-order valence-electron chi connectivity index (χ4n) is 1.76. The molecule has 3 nitrogen and oxygen atoms in total. The Kier molecular flexibility index (Phi) is 3.88. The lowest BCUT2D eigenvalue weighted by Gasteiger charge is -2.14. The summed E-state index contributed by atoms with van der Waals surface area (Å²) in [5.74, 6) is 0. The van der Waals surface area contributed by atoms with Crippen LogP contribution in [0.1, 0.15) is 24.2 Å². The molecule has 1 aromatic carbocycles. The van der Waals surface area contributed by atoms with E-state index >= 15 is 0 Å². The first-order chi connectivity index (χ1) is 9.20. The molecule has 1 unspecified atom stereocenters. The monoisotopic (exact) mass is 324 g/mol. The Labute approximate surface area is 121 Å². The molecule has 0 saturated heterocycles. The van der Waals surface area contributed by atoms with Gasteiger partial charge in [-0.25, -0.2) is 4.68 Å². The van der Waals surface area contributed by atoms with Crippen LogP contribution in [0, 0.1) is 0 Å². The third kappa shape index (κ3) is 2.86. The summed E-state index contributed by atoms with van der Waals surface area (Å²) in [6.07, 6.45) is -4.60. The average Bonchev–Trinajstić information content (AvgIpc) is 2.74. The maximum absolute atomic E-state index is 12.5. The van der Waals surface area contributed by atoms with Crippen molar-refractivity contribution in [1.82, 2.24) is 9.78 Å². The molecule has 0 bridgehead atoms. The Morgan fingerprint density at radius 2 is 1.85 bits per heavy atom. The SMILES string of the molecule is CC(c1ccc(Cl)c(Cl)c1)n1[nH]c(C(F)(F)F)cc1=O. The van der Waals surface area contributed by atoms with Gasteiger partial charge in [0.25, 0.3) is 5.56 Å². The predicted octanol–water partition coefficient (Wildman–Crippen LogP) is 4.11. The highest BCUT2D eigenvalue weighted by atomic mass is 35.5. The van der Waals surface area contributed by atoms with Crippen LogP contribution in [0.4, 0.5) is 13.2 Å². The summed E-state index contributed by atoms with van der Waals surface area (Å²) in [6.45, 7) is 1.58. The molecule has 0 aliphatic rings. The fourth-order valence-corrected chi connectivity index (χ4v) is 2.07. The van der Waals surface area contributed by atoms with Crippen molar-refractivity contribution in [3.05, 3.63) is 55.9 Å². The Balaban J connectivity index is 2.43. The van der Waals surface area contributed by atoms with E-state index < -0.39 is 23.5 Å². The maximum atomic E-state index is 12.5. The first kappa shape index (κ1) is 15.0. The zero-order chi connectivity index (χ0) is 15.1. The Bertz CT molecular complexity index is 691. The summed E-state index contributed by atoms with van der Waals surface area (Å²) in [5, 5.41) is 2.66. The number of nitrogens with zero attached hydrogens (tertiary/aromatic N) is 1. The summed E-state index contributed by atoms with van der Waals surface area (Å²) < 4.78 is 38.5. The highest BCUT2D eigenvalue weighted by Crippen LogP contribution is 2.29. The number of hydrogen-bond donors (Lipinski definition) is 1. The van der Waals surface area contributed by atoms with E-state index in [4.69, 9.17) is 23.2 Å². The minimum atomic E-state index is -4.60. The van der Waals surface area contributed by atoms with E-state index in [0.717, 1.165) is 4.68 Å². The third-order valence-electron chi connectivity index (χ3n) is 2.86. The van der Waals surface area contributed by atoms with Crippen LogP contribution in [-0.4, -0.2) is 9.78 Å². The van der Waals surface area contributed by atoms with Gasteiger partial charge in [0, 0.05) is 6.07 Å². The lowest BCUT2D eigenvalue weighted by Crippen LogP contribution is -2.21. The van der Waals surface area contributed by atoms with Gasteiger partial charge in [-0.15, -0.1) is 0 Å². The molecule has 0 amide bonds. The summed E-state index contributed by atoms with van der Waals surface area (Å²) in [5.41, 5.74) is -1.29. The largest absolute Gasteiger partial charge is 0.432 e. The minimum Gasteiger partial charge on any atom is -0.291 e. The van der Waals surface area contributed by atoms with Crippen molar-refractivity contribution in [2.45, 2.75) is 19.1 Å². The van der Waals surface area contributed by atoms with E-state index in [1.807, 2.05) is 0 Å². The molecular weight excluding hydrogens is 316 g/mol. The van der Waals surface area contributed by atoms with Gasteiger partial charge in [0.1, 0.15) is 5.69 Å². The molecule has 20 heavy (non-hydrogen) atoms. The molecule has 0 saturated carbocycles. The number of halogens is 5. The van der Waals surface area contributed by atoms with Gasteiger partial charge in [-0.1, -0.05) is 29.3 Å². The molecule has 2 rings (SSSR count). The van der Waals surface area contributed by atoms with Gasteiger partial charge in [0.15, 0.2) is 0 Å². The van der Waals surface area contributed by atoms with E-state index in [-0.39, 0.29) is 5.02 Å². The van der Waals surface area contributed by atoms with Gasteiger partial charge in [-0.05, 0) is 24.6 Å². The standard InChI is InChI=1S/C12H9Cl2F3N2O/c1-6(7-2-3-8(13)9(14)4-7)19-11(20)5-10(18-19)12(15,16)17/h2-6,18H,1H3. The number of H-pyrrole nitrogens is 1. The zero-order valence-corrected chi connectivity index (χ0v) is 11.6. The van der Waals surface area contributed by atoms with Crippen LogP contribution in [0.15, 0.2) is 29.1 Å². The number of nitrogens with one attached hydrogen (secondary N) is 1. The van der Waals surface area contributed by atoms with Crippen LogP contribution in [0.5, 0.6) is 0 Å². The lowest BCUT2D eigenvalue weighted by atomic mass is 10.1. The van der Waals surface area contributed by atoms with Crippen molar-refractivity contribution in [1.29, 1.82) is 0 Å². The second-order valence-electron chi connectivity index (χ2n) is 4.23. The normalized spacial score (nSPS) is 13.5. The number of alkyl halides is 3. The average molecular weight is 325 g/mol. The summed E-state index contributed by atoms with van der Waals surface area (Å²) in [7, 11) is 0. The first-order valence-corrected chi connectivity index (χ1v) is 6.29. The predicted molar refractivity (Wildman–Crippen MR) is 70.3 cm³/mol. The molecule has 0 radical (unpaired) electrons. The summed E-state index contributed by atoms with van der Waals surface area (Å²) >= 11 is 11.6. The van der Waals surface area contributed by atoms with E-state index in [0.29, 0.717) is 16.7 Å². The van der Waals surface area contributed by atoms with E-state index in [1.54, 1.807) is 13.0 Å². The first-order valence-electron chi connectivity index (χ1n) is 5.54. The van der Waals surface area contributed by atoms with Crippen LogP contribution >= 0.6 is 23.2 Å². The van der Waals surface area contributed by atoms with Gasteiger partial charge in [0.05, 0.1) is 16.1 Å². The molecule has 0 aliphatic carbocycles. The minimum absolute atomic E-state index is 0.270. The Hall–Kier alpha value is -1.40. The number of hydrogen-bond acceptors (Lipinski definition) is 1. The van der Waals surface area contributed by atoms with Gasteiger partial charge in [-0.2, -0.15) is 13.2 Å². The molecule has 0 aliphatic heterocycles. The van der Waals surface area contributed by atoms with Crippen molar-refractivity contribution >= 4 is 23.2 Å². The third-order valence-corrected chi connectivity index (χ3v) is 3.60. The van der Waals surface area contributed by atoms with Crippen LogP contribution in [-0.2, 0) is 6.18 Å². The van der Waals surface area contributed by atoms with Gasteiger partial charge in [-0.3, -0.25) is 9.89 Å². The van der Waals surface area contributed by atoms with Crippen molar-refractivity contribution in [3.63, 3.8) is 0 Å². The second-order valence-corrected chi connectivity index (χ2v) is 5.04. The molecule has 1 N–H and O–H groups in total. The highest BCUT2D eigenvalue weighted by Gasteiger charge is 2.34. The fraction of sp³-hybridized carbons (Fsp3) is 0.250. The molecule has 0 spiro atoms. The van der Waals surface area contributed by atoms with Gasteiger partial charge in [0.2, 0.25) is 0 Å². The molecule has 1 aromatic heterocycles. The lowest BCUT2D eigenvalue weighted by molar-refractivity contribution is -0.141. The maximum Gasteiger partial charge on any atom is 0.432 e. The van der Waals surface area contributed by atoms with Crippen LogP contribution < -0.4 is 5.56 Å². The van der Waals surface area contributed by atoms with E-state index in [2.05, 4.69) is 5.10 Å². The molecule has 108 valence electrons. The van der Waals surface area contributed by atoms with Crippen molar-refractivity contribution < 1.29 is 13.2 Å². The summed E-state index contributed by atoms with van der Waals surface area (Å²) in [6, 6.07) is 4.52. The van der Waals surface area contributed by atoms with Gasteiger partial charge >= 0.3 is 6.18 Å². The quantitative estimate of drug-likeness (QED) is 0.886. The van der Waals surface area contributed by atoms with Gasteiger partial charge < -0.3 is 0 Å². The molecule has 1 heterocycles. The van der Waals surface area contributed by atoms with Crippen LogP contribution in [0.3, 0.4) is 0 Å². The van der Waals surface area contributed by atoms with Crippen LogP contribution in [0.25, 0.3) is 0 Å². The molecule has 8 heteroatoms. The van der Waals surface area contributed by atoms with Crippen LogP contribution in [0.2, 0.25) is 10.0 Å². The van der Waals surface area contributed by atoms with Crippen molar-refractivity contribution in [2.24, 2.45) is 0 Å². The molecule has 1 atom stereocenters. The zero-order valence-electron chi connectivity index (χ0n) is 10.1.